The minimum Gasteiger partial charge on any atom is -0.351 e. The van der Waals surface area contributed by atoms with E-state index in [0.29, 0.717) is 19.5 Å². The Morgan fingerprint density at radius 1 is 1.40 bits per heavy atom. The molecule has 0 bridgehead atoms. The number of para-hydroxylation sites is 2. The SMILES string of the molecule is CCN(CC(=O)N[C@@H]1CCS(=O)(=O)C1)Cc1nc2ccccc2n1C. The van der Waals surface area contributed by atoms with E-state index >= 15 is 0 Å². The molecule has 1 aromatic heterocycles. The highest BCUT2D eigenvalue weighted by Gasteiger charge is 2.29. The highest BCUT2D eigenvalue weighted by atomic mass is 32.2. The number of carbonyl (C=O) groups excluding carboxylic acids is 1. The first-order valence-electron chi connectivity index (χ1n) is 8.50. The van der Waals surface area contributed by atoms with Crippen molar-refractivity contribution in [1.29, 1.82) is 0 Å². The van der Waals surface area contributed by atoms with Crippen LogP contribution in [-0.4, -0.2) is 59.4 Å². The molecule has 3 rings (SSSR count). The van der Waals surface area contributed by atoms with E-state index in [9.17, 15) is 13.2 Å². The van der Waals surface area contributed by atoms with E-state index in [-0.39, 0.29) is 30.0 Å². The third-order valence-electron chi connectivity index (χ3n) is 4.66. The number of nitrogens with zero attached hydrogens (tertiary/aromatic N) is 3. The van der Waals surface area contributed by atoms with Gasteiger partial charge >= 0.3 is 0 Å². The van der Waals surface area contributed by atoms with Gasteiger partial charge < -0.3 is 9.88 Å². The molecule has 1 fully saturated rings. The van der Waals surface area contributed by atoms with E-state index in [0.717, 1.165) is 16.9 Å². The van der Waals surface area contributed by atoms with Crippen molar-refractivity contribution in [2.45, 2.75) is 25.9 Å². The number of nitrogens with one attached hydrogen (secondary N) is 1. The number of amides is 1. The molecule has 2 aromatic rings. The van der Waals surface area contributed by atoms with E-state index in [1.54, 1.807) is 0 Å². The number of rotatable bonds is 6. The first kappa shape index (κ1) is 17.9. The van der Waals surface area contributed by atoms with Gasteiger partial charge in [0.05, 0.1) is 35.6 Å². The number of benzene rings is 1. The van der Waals surface area contributed by atoms with Gasteiger partial charge in [-0.05, 0) is 25.1 Å². The van der Waals surface area contributed by atoms with Crippen molar-refractivity contribution in [2.24, 2.45) is 7.05 Å². The number of sulfone groups is 1. The zero-order valence-corrected chi connectivity index (χ0v) is 15.4. The molecule has 1 N–H and O–H groups in total. The summed E-state index contributed by atoms with van der Waals surface area (Å²) in [6.07, 6.45) is 0.505. The standard InChI is InChI=1S/C17H24N4O3S/c1-3-21(11-17(22)18-13-8-9-25(23,24)12-13)10-16-19-14-6-4-5-7-15(14)20(16)2/h4-7,13H,3,8-12H2,1-2H3,(H,18,22)/t13-/m1/s1. The minimum atomic E-state index is -2.99. The van der Waals surface area contributed by atoms with Gasteiger partial charge in [-0.25, -0.2) is 13.4 Å². The van der Waals surface area contributed by atoms with Crippen LogP contribution in [0.3, 0.4) is 0 Å². The predicted molar refractivity (Wildman–Crippen MR) is 96.9 cm³/mol. The molecule has 1 amide bonds. The predicted octanol–water partition coefficient (Wildman–Crippen LogP) is 0.699. The van der Waals surface area contributed by atoms with E-state index < -0.39 is 9.84 Å². The molecule has 136 valence electrons. The van der Waals surface area contributed by atoms with Crippen LogP contribution in [0.2, 0.25) is 0 Å². The van der Waals surface area contributed by atoms with Gasteiger partial charge in [0.1, 0.15) is 5.82 Å². The lowest BCUT2D eigenvalue weighted by Crippen LogP contribution is -2.42. The Hall–Kier alpha value is -1.93. The van der Waals surface area contributed by atoms with Gasteiger partial charge in [-0.3, -0.25) is 9.69 Å². The van der Waals surface area contributed by atoms with Gasteiger partial charge in [-0.2, -0.15) is 0 Å². The highest BCUT2D eigenvalue weighted by molar-refractivity contribution is 7.91. The lowest BCUT2D eigenvalue weighted by atomic mass is 10.2. The monoisotopic (exact) mass is 364 g/mol. The Morgan fingerprint density at radius 2 is 2.16 bits per heavy atom. The van der Waals surface area contributed by atoms with Crippen molar-refractivity contribution in [2.75, 3.05) is 24.6 Å². The first-order chi connectivity index (χ1) is 11.9. The summed E-state index contributed by atoms with van der Waals surface area (Å²) < 4.78 is 25.0. The largest absolute Gasteiger partial charge is 0.351 e. The fourth-order valence-electron chi connectivity index (χ4n) is 3.20. The number of hydrogen-bond donors (Lipinski definition) is 1. The molecule has 25 heavy (non-hydrogen) atoms. The summed E-state index contributed by atoms with van der Waals surface area (Å²) >= 11 is 0. The van der Waals surface area contributed by atoms with Gasteiger partial charge in [0.2, 0.25) is 5.91 Å². The molecular weight excluding hydrogens is 340 g/mol. The van der Waals surface area contributed by atoms with Gasteiger partial charge in [-0.1, -0.05) is 19.1 Å². The average Bonchev–Trinajstić information content (AvgIpc) is 3.06. The number of aryl methyl sites for hydroxylation is 1. The molecule has 2 heterocycles. The average molecular weight is 364 g/mol. The Bertz CT molecular complexity index is 875. The van der Waals surface area contributed by atoms with Crippen LogP contribution in [0, 0.1) is 0 Å². The molecular formula is C17H24N4O3S. The molecule has 1 aromatic carbocycles. The second-order valence-corrected chi connectivity index (χ2v) is 8.78. The lowest BCUT2D eigenvalue weighted by Gasteiger charge is -2.20. The summed E-state index contributed by atoms with van der Waals surface area (Å²) in [5, 5.41) is 2.84. The van der Waals surface area contributed by atoms with Crippen LogP contribution in [0.5, 0.6) is 0 Å². The van der Waals surface area contributed by atoms with Crippen molar-refractivity contribution in [3.05, 3.63) is 30.1 Å². The quantitative estimate of drug-likeness (QED) is 0.816. The Morgan fingerprint density at radius 3 is 2.80 bits per heavy atom. The minimum absolute atomic E-state index is 0.0512. The molecule has 7 nitrogen and oxygen atoms in total. The molecule has 0 saturated carbocycles. The number of carbonyl (C=O) groups is 1. The fourth-order valence-corrected chi connectivity index (χ4v) is 4.87. The molecule has 0 radical (unpaired) electrons. The molecule has 1 aliphatic heterocycles. The second-order valence-electron chi connectivity index (χ2n) is 6.55. The Labute approximate surface area is 147 Å². The number of imidazole rings is 1. The van der Waals surface area contributed by atoms with Crippen LogP contribution >= 0.6 is 0 Å². The smallest absolute Gasteiger partial charge is 0.234 e. The zero-order valence-electron chi connectivity index (χ0n) is 14.6. The fraction of sp³-hybridized carbons (Fsp3) is 0.529. The molecule has 0 spiro atoms. The van der Waals surface area contributed by atoms with Gasteiger partial charge in [0.25, 0.3) is 0 Å². The molecule has 0 unspecified atom stereocenters. The normalized spacial score (nSPS) is 19.6. The summed E-state index contributed by atoms with van der Waals surface area (Å²) in [5.41, 5.74) is 2.01. The van der Waals surface area contributed by atoms with Gasteiger partial charge in [-0.15, -0.1) is 0 Å². The maximum absolute atomic E-state index is 12.3. The number of likely N-dealkylation sites (N-methyl/N-ethyl adjacent to an activating group) is 1. The van der Waals surface area contributed by atoms with Crippen molar-refractivity contribution in [1.82, 2.24) is 19.8 Å². The maximum Gasteiger partial charge on any atom is 0.234 e. The second kappa shape index (κ2) is 7.13. The van der Waals surface area contributed by atoms with Crippen LogP contribution in [0.25, 0.3) is 11.0 Å². The third-order valence-corrected chi connectivity index (χ3v) is 6.42. The topological polar surface area (TPSA) is 84.3 Å². The van der Waals surface area contributed by atoms with Crippen LogP contribution in [0.4, 0.5) is 0 Å². The molecule has 1 atom stereocenters. The van der Waals surface area contributed by atoms with Crippen molar-refractivity contribution < 1.29 is 13.2 Å². The summed E-state index contributed by atoms with van der Waals surface area (Å²) in [7, 11) is -1.01. The van der Waals surface area contributed by atoms with Crippen molar-refractivity contribution >= 4 is 26.8 Å². The summed E-state index contributed by atoms with van der Waals surface area (Å²) in [6.45, 7) is 3.50. The molecule has 1 aliphatic rings. The Balaban J connectivity index is 1.62. The van der Waals surface area contributed by atoms with Crippen LogP contribution in [0.1, 0.15) is 19.2 Å². The van der Waals surface area contributed by atoms with Gasteiger partial charge in [0, 0.05) is 13.1 Å². The van der Waals surface area contributed by atoms with Crippen LogP contribution in [-0.2, 0) is 28.2 Å². The maximum atomic E-state index is 12.3. The van der Waals surface area contributed by atoms with E-state index in [2.05, 4.69) is 10.3 Å². The highest BCUT2D eigenvalue weighted by Crippen LogP contribution is 2.15. The number of aromatic nitrogens is 2. The first-order valence-corrected chi connectivity index (χ1v) is 10.3. The van der Waals surface area contributed by atoms with Gasteiger partial charge in [0.15, 0.2) is 9.84 Å². The number of hydrogen-bond acceptors (Lipinski definition) is 5. The summed E-state index contributed by atoms with van der Waals surface area (Å²) in [4.78, 5) is 18.9. The van der Waals surface area contributed by atoms with Crippen LogP contribution in [0.15, 0.2) is 24.3 Å². The molecule has 8 heteroatoms. The summed E-state index contributed by atoms with van der Waals surface area (Å²) in [6, 6.07) is 7.68. The van der Waals surface area contributed by atoms with E-state index in [1.165, 1.54) is 0 Å². The molecule has 1 saturated heterocycles. The third kappa shape index (κ3) is 4.19. The van der Waals surface area contributed by atoms with E-state index in [1.807, 2.05) is 47.7 Å². The summed E-state index contributed by atoms with van der Waals surface area (Å²) in [5.74, 6) is 0.979. The Kier molecular flexibility index (Phi) is 5.10. The number of fused-ring (bicyclic) bond motifs is 1. The van der Waals surface area contributed by atoms with E-state index in [4.69, 9.17) is 0 Å². The zero-order chi connectivity index (χ0) is 18.0. The lowest BCUT2D eigenvalue weighted by molar-refractivity contribution is -0.122. The molecule has 0 aliphatic carbocycles. The van der Waals surface area contributed by atoms with Crippen molar-refractivity contribution in [3.8, 4) is 0 Å². The van der Waals surface area contributed by atoms with Crippen molar-refractivity contribution in [3.63, 3.8) is 0 Å². The van der Waals surface area contributed by atoms with Crippen LogP contribution < -0.4 is 5.32 Å².